The van der Waals surface area contributed by atoms with Crippen LogP contribution in [0.5, 0.6) is 5.75 Å². The van der Waals surface area contributed by atoms with E-state index in [9.17, 15) is 63.7 Å². The van der Waals surface area contributed by atoms with E-state index in [1.165, 1.54) is 18.2 Å². The van der Waals surface area contributed by atoms with Gasteiger partial charge >= 0.3 is 148 Å². The van der Waals surface area contributed by atoms with E-state index >= 15 is 0 Å². The van der Waals surface area contributed by atoms with E-state index in [2.05, 4.69) is 52.8 Å². The summed E-state index contributed by atoms with van der Waals surface area (Å²) >= 11 is 0.243. The van der Waals surface area contributed by atoms with Gasteiger partial charge in [0.15, 0.2) is 50.1 Å². The van der Waals surface area contributed by atoms with E-state index in [1.807, 2.05) is 0 Å². The van der Waals surface area contributed by atoms with Crippen molar-refractivity contribution in [1.29, 1.82) is 0 Å². The largest absolute Gasteiger partial charge is 1.00 e. The predicted octanol–water partition coefficient (Wildman–Crippen LogP) is -12.7. The summed E-state index contributed by atoms with van der Waals surface area (Å²) < 4.78 is 147. The molecule has 0 amide bonds. The van der Waals surface area contributed by atoms with Crippen molar-refractivity contribution in [2.45, 2.75) is 24.5 Å². The van der Waals surface area contributed by atoms with Crippen molar-refractivity contribution in [3.05, 3.63) is 66.7 Å². The molecule has 69 heavy (non-hydrogen) atoms. The second-order valence-electron chi connectivity index (χ2n) is 11.8. The Hall–Kier alpha value is 0.750. The summed E-state index contributed by atoms with van der Waals surface area (Å²) in [6.45, 7) is -1.03. The van der Waals surface area contributed by atoms with Crippen LogP contribution in [0.15, 0.2) is 112 Å². The number of phenols is 1. The average Bonchev–Trinajstić information content (AvgIpc) is 3.23. The van der Waals surface area contributed by atoms with Crippen LogP contribution < -0.4 is 169 Å². The smallest absolute Gasteiger partial charge is 0.744 e. The zero-order chi connectivity index (χ0) is 46.9. The molecule has 0 radical (unpaired) electrons. The number of sulfone groups is 2. The molecular formula is C30H22N5Na5O22S7. The minimum absolute atomic E-state index is 0. The first-order chi connectivity index (χ1) is 30.2. The SMILES string of the molecule is Nc1ccc2c(O)c(N=Nc3ccc4cc(S(=O)(=O)CCOSOO[O-])ccc4c3S(=O)(=O)[O-])c(SOO[O-])cc2c1N=Nc1ccc(S(=O)(=O)CCOSOO[O-])cc1S(=O)(=O)[O-].[Na+].[Na+].[Na+].[Na+].[Na+]. The van der Waals surface area contributed by atoms with Crippen LogP contribution in [-0.4, -0.2) is 72.6 Å². The molecule has 5 aromatic rings. The van der Waals surface area contributed by atoms with Crippen LogP contribution in [0.2, 0.25) is 0 Å². The van der Waals surface area contributed by atoms with E-state index in [-0.39, 0.29) is 227 Å². The first kappa shape index (κ1) is 69.8. The van der Waals surface area contributed by atoms with E-state index in [0.717, 1.165) is 42.5 Å². The summed E-state index contributed by atoms with van der Waals surface area (Å²) in [6.07, 6.45) is 0. The minimum Gasteiger partial charge on any atom is -0.744 e. The number of fused-ring (bicyclic) bond motifs is 2. The Bertz CT molecular complexity index is 3080. The van der Waals surface area contributed by atoms with Crippen molar-refractivity contribution >= 4 is 127 Å². The maximum atomic E-state index is 12.8. The fourth-order valence-corrected chi connectivity index (χ4v) is 10.3. The standard InChI is InChI=1S/C30H27N5O22S7.5Na/c31-22-6-5-20-21(27(22)34-32-23-8-3-18(14-26(23)63(44,45)46)62(42,43)12-10-51-60-57-54-39)15-25(58-55-52-37)28(29(20)36)35-33-24-7-1-16-13-17(2-4-19(16)30(24)64(47,48)49)61(40,41)11-9-50-59-56-53-38;;;;;/h1-8,13-15,36-39H,9-12,31H2,(H,44,45,46)(H,47,48,49);;;;;/q;5*+1/p-5. The molecule has 5 aromatic carbocycles. The molecule has 5 rings (SSSR count). The molecule has 27 nitrogen and oxygen atoms in total. The number of aromatic hydroxyl groups is 1. The maximum Gasteiger partial charge on any atom is 1.00 e. The quantitative estimate of drug-likeness (QED) is 0.00896. The summed E-state index contributed by atoms with van der Waals surface area (Å²) in [5.41, 5.74) is 3.86. The van der Waals surface area contributed by atoms with Crippen LogP contribution >= 0.6 is 36.7 Å². The summed E-state index contributed by atoms with van der Waals surface area (Å²) in [5, 5.41) is 66.4. The van der Waals surface area contributed by atoms with Crippen LogP contribution in [0.3, 0.4) is 0 Å². The molecule has 0 aromatic heterocycles. The molecule has 0 atom stereocenters. The third-order valence-corrected chi connectivity index (χ3v) is 14.6. The maximum absolute atomic E-state index is 12.8. The number of rotatable bonds is 23. The average molecular weight is 1140 g/mol. The fourth-order valence-electron chi connectivity index (χ4n) is 5.38. The van der Waals surface area contributed by atoms with Gasteiger partial charge in [0.25, 0.3) is 0 Å². The number of phenolic OH excluding ortho intramolecular Hbond substituents is 1. The number of anilines is 1. The van der Waals surface area contributed by atoms with Gasteiger partial charge in [-0.3, -0.25) is 23.5 Å². The number of hydrogen-bond donors (Lipinski definition) is 2. The second kappa shape index (κ2) is 31.7. The Morgan fingerprint density at radius 1 is 0.565 bits per heavy atom. The molecule has 0 aliphatic carbocycles. The van der Waals surface area contributed by atoms with Crippen molar-refractivity contribution in [3.8, 4) is 5.75 Å². The van der Waals surface area contributed by atoms with Crippen LogP contribution in [0.1, 0.15) is 0 Å². The number of nitrogens with zero attached hydrogens (tertiary/aromatic N) is 4. The third kappa shape index (κ3) is 19.1. The van der Waals surface area contributed by atoms with Crippen LogP contribution in [0.4, 0.5) is 28.4 Å². The number of hydrogen-bond acceptors (Lipinski definition) is 30. The molecule has 0 bridgehead atoms. The molecule has 3 N–H and O–H groups in total. The molecule has 0 spiro atoms. The van der Waals surface area contributed by atoms with Gasteiger partial charge < -0.3 is 35.7 Å². The van der Waals surface area contributed by atoms with Gasteiger partial charge in [-0.2, -0.15) is 4.33 Å². The molecule has 0 aliphatic rings. The summed E-state index contributed by atoms with van der Waals surface area (Å²) in [4.78, 5) is -3.34. The molecule has 39 heteroatoms. The first-order valence-corrected chi connectivity index (χ1v) is 24.6. The predicted molar refractivity (Wildman–Crippen MR) is 208 cm³/mol. The van der Waals surface area contributed by atoms with Gasteiger partial charge in [0, 0.05) is 16.2 Å². The van der Waals surface area contributed by atoms with Gasteiger partial charge in [0.1, 0.15) is 43.0 Å². The van der Waals surface area contributed by atoms with E-state index in [1.54, 1.807) is 0 Å². The summed E-state index contributed by atoms with van der Waals surface area (Å²) in [6, 6.07) is 11.2. The van der Waals surface area contributed by atoms with Gasteiger partial charge in [-0.25, -0.2) is 33.7 Å². The normalized spacial score (nSPS) is 12.0. The summed E-state index contributed by atoms with van der Waals surface area (Å²) in [7, 11) is -19.2. The Morgan fingerprint density at radius 3 is 1.62 bits per heavy atom. The van der Waals surface area contributed by atoms with E-state index in [0.29, 0.717) is 6.07 Å². The number of nitrogen functional groups attached to an aromatic ring is 1. The molecule has 0 fully saturated rings. The molecule has 346 valence electrons. The van der Waals surface area contributed by atoms with Crippen LogP contribution in [0, 0.1) is 0 Å². The monoisotopic (exact) mass is 1140 g/mol. The van der Waals surface area contributed by atoms with Gasteiger partial charge in [0.2, 0.25) is 0 Å². The van der Waals surface area contributed by atoms with Gasteiger partial charge in [0.05, 0.1) is 66.9 Å². The van der Waals surface area contributed by atoms with Crippen molar-refractivity contribution in [2.75, 3.05) is 30.5 Å². The van der Waals surface area contributed by atoms with Gasteiger partial charge in [-0.05, 0) is 60.0 Å². The molecule has 0 aliphatic heterocycles. The number of azo groups is 2. The van der Waals surface area contributed by atoms with Gasteiger partial charge in [-0.15, -0.1) is 29.1 Å². The Labute approximate surface area is 514 Å². The molecule has 0 heterocycles. The Kier molecular flexibility index (Phi) is 32.1. The second-order valence-corrected chi connectivity index (χ2v) is 20.5. The molecule has 0 saturated heterocycles. The van der Waals surface area contributed by atoms with Crippen molar-refractivity contribution in [2.24, 2.45) is 20.5 Å². The molecule has 0 unspecified atom stereocenters. The zero-order valence-electron chi connectivity index (χ0n) is 35.9. The van der Waals surface area contributed by atoms with Gasteiger partial charge in [-0.1, -0.05) is 12.1 Å². The number of nitrogens with two attached hydrogens (primary N) is 1. The first-order valence-electron chi connectivity index (χ1n) is 16.4. The fraction of sp³-hybridized carbons (Fsp3) is 0.133. The molecule has 0 saturated carbocycles. The van der Waals surface area contributed by atoms with Crippen LogP contribution in [0.25, 0.3) is 21.5 Å². The zero-order valence-corrected chi connectivity index (χ0v) is 51.6. The van der Waals surface area contributed by atoms with Crippen molar-refractivity contribution in [3.63, 3.8) is 0 Å². The topological polar surface area (TPSA) is 421 Å². The molecular weight excluding hydrogens is 1120 g/mol. The third-order valence-electron chi connectivity index (χ3n) is 8.07. The van der Waals surface area contributed by atoms with Crippen molar-refractivity contribution < 1.29 is 248 Å². The Balaban J connectivity index is 0.00000925. The number of benzene rings is 5. The minimum atomic E-state index is -5.44. The Morgan fingerprint density at radius 2 is 1.07 bits per heavy atom. The van der Waals surface area contributed by atoms with Crippen molar-refractivity contribution in [1.82, 2.24) is 0 Å². The van der Waals surface area contributed by atoms with E-state index in [4.69, 9.17) is 9.92 Å². The summed E-state index contributed by atoms with van der Waals surface area (Å²) in [5.74, 6) is -2.15. The van der Waals surface area contributed by atoms with E-state index < -0.39 is 102 Å². The van der Waals surface area contributed by atoms with Crippen LogP contribution in [-0.2, 0) is 76.4 Å².